The van der Waals surface area contributed by atoms with Crippen LogP contribution in [0.25, 0.3) is 0 Å². The predicted molar refractivity (Wildman–Crippen MR) is 123 cm³/mol. The van der Waals surface area contributed by atoms with Crippen LogP contribution in [0.5, 0.6) is 5.88 Å². The first-order chi connectivity index (χ1) is 14.2. The molecule has 8 heteroatoms. The highest BCUT2D eigenvalue weighted by atomic mass is 127. The third kappa shape index (κ3) is 3.22. The molecule has 0 spiro atoms. The molecule has 0 saturated heterocycles. The number of hydrogen-bond acceptors (Lipinski definition) is 6. The molecule has 2 atom stereocenters. The fraction of sp³-hybridized carbons (Fsp3) is 0.364. The number of rotatable bonds is 5. The number of pyridine rings is 1. The van der Waals surface area contributed by atoms with Crippen molar-refractivity contribution >= 4 is 45.8 Å². The summed E-state index contributed by atoms with van der Waals surface area (Å²) in [6.07, 6.45) is 2.26. The number of fused-ring (bicyclic) bond motifs is 2. The van der Waals surface area contributed by atoms with E-state index in [9.17, 15) is 9.59 Å². The number of methoxy groups -OCH3 is 1. The zero-order valence-corrected chi connectivity index (χ0v) is 19.7. The standard InChI is InChI=1S/C22H23IN4O3/c1-11(26(3)4)12(2)27-21(28)14-8-13-9-18(25-17(13)10-15(14)22(27)29)19-16(23)6-7-24-20(19)30-5/h6-8,10-12H,9H2,1-5H3. The van der Waals surface area contributed by atoms with Crippen LogP contribution in [-0.2, 0) is 6.42 Å². The molecule has 0 N–H and O–H groups in total. The van der Waals surface area contributed by atoms with Gasteiger partial charge in [0.15, 0.2) is 0 Å². The molecule has 2 unspecified atom stereocenters. The average Bonchev–Trinajstić information content (AvgIpc) is 3.23. The van der Waals surface area contributed by atoms with E-state index in [0.29, 0.717) is 23.4 Å². The number of halogens is 1. The highest BCUT2D eigenvalue weighted by Crippen LogP contribution is 2.38. The largest absolute Gasteiger partial charge is 0.480 e. The zero-order valence-electron chi connectivity index (χ0n) is 17.6. The molecule has 2 aromatic rings. The average molecular weight is 518 g/mol. The van der Waals surface area contributed by atoms with E-state index in [4.69, 9.17) is 9.73 Å². The number of ether oxygens (including phenoxy) is 1. The molecule has 2 aliphatic rings. The minimum absolute atomic E-state index is 0.0452. The first-order valence-corrected chi connectivity index (χ1v) is 10.8. The van der Waals surface area contributed by atoms with Gasteiger partial charge in [0, 0.05) is 22.2 Å². The zero-order chi connectivity index (χ0) is 21.7. The van der Waals surface area contributed by atoms with Crippen molar-refractivity contribution in [2.24, 2.45) is 4.99 Å². The van der Waals surface area contributed by atoms with Gasteiger partial charge in [-0.1, -0.05) is 0 Å². The molecule has 1 aromatic carbocycles. The first-order valence-electron chi connectivity index (χ1n) is 9.72. The van der Waals surface area contributed by atoms with Crippen LogP contribution in [0.1, 0.15) is 45.7 Å². The van der Waals surface area contributed by atoms with E-state index in [1.54, 1.807) is 19.4 Å². The van der Waals surface area contributed by atoms with Crippen LogP contribution in [0.15, 0.2) is 29.4 Å². The van der Waals surface area contributed by atoms with E-state index in [2.05, 4.69) is 27.6 Å². The molecule has 1 aromatic heterocycles. The van der Waals surface area contributed by atoms with E-state index in [-0.39, 0.29) is 23.9 Å². The third-order valence-electron chi connectivity index (χ3n) is 6.00. The van der Waals surface area contributed by atoms with Gasteiger partial charge in [-0.25, -0.2) is 4.98 Å². The molecule has 3 heterocycles. The minimum atomic E-state index is -0.254. The van der Waals surface area contributed by atoms with Gasteiger partial charge in [0.25, 0.3) is 11.8 Å². The molecule has 0 aliphatic carbocycles. The Morgan fingerprint density at radius 2 is 1.83 bits per heavy atom. The monoisotopic (exact) mass is 518 g/mol. The molecular weight excluding hydrogens is 495 g/mol. The van der Waals surface area contributed by atoms with Crippen LogP contribution >= 0.6 is 22.6 Å². The second kappa shape index (κ2) is 7.73. The van der Waals surface area contributed by atoms with Crippen LogP contribution in [0.4, 0.5) is 5.69 Å². The van der Waals surface area contributed by atoms with E-state index in [0.717, 1.165) is 26.1 Å². The lowest BCUT2D eigenvalue weighted by Crippen LogP contribution is -2.48. The summed E-state index contributed by atoms with van der Waals surface area (Å²) in [7, 11) is 5.47. The predicted octanol–water partition coefficient (Wildman–Crippen LogP) is 3.31. The summed E-state index contributed by atoms with van der Waals surface area (Å²) in [6.45, 7) is 3.92. The highest BCUT2D eigenvalue weighted by molar-refractivity contribution is 14.1. The molecule has 0 bridgehead atoms. The Hall–Kier alpha value is -2.33. The third-order valence-corrected chi connectivity index (χ3v) is 6.90. The number of hydrogen-bond donors (Lipinski definition) is 0. The SMILES string of the molecule is COc1nccc(I)c1C1=Nc2cc3c(cc2C1)C(=O)N(C(C)C(C)N(C)C)C3=O. The van der Waals surface area contributed by atoms with E-state index < -0.39 is 0 Å². The number of likely N-dealkylation sites (N-methyl/N-ethyl adjacent to an activating group) is 1. The molecule has 0 saturated carbocycles. The number of carbonyl (C=O) groups is 2. The second-order valence-corrected chi connectivity index (χ2v) is 9.03. The van der Waals surface area contributed by atoms with Crippen LogP contribution in [0, 0.1) is 3.57 Å². The normalized spacial score (nSPS) is 17.2. The van der Waals surface area contributed by atoms with Crippen molar-refractivity contribution in [3.8, 4) is 5.88 Å². The van der Waals surface area contributed by atoms with Gasteiger partial charge < -0.3 is 9.64 Å². The molecule has 4 rings (SSSR count). The maximum absolute atomic E-state index is 13.1. The van der Waals surface area contributed by atoms with Crippen molar-refractivity contribution in [3.05, 3.63) is 50.2 Å². The van der Waals surface area contributed by atoms with Crippen molar-refractivity contribution in [2.45, 2.75) is 32.4 Å². The van der Waals surface area contributed by atoms with Crippen LogP contribution < -0.4 is 4.74 Å². The van der Waals surface area contributed by atoms with Crippen LogP contribution in [-0.4, -0.2) is 65.6 Å². The van der Waals surface area contributed by atoms with Crippen molar-refractivity contribution in [1.29, 1.82) is 0 Å². The number of aromatic nitrogens is 1. The summed E-state index contributed by atoms with van der Waals surface area (Å²) < 4.78 is 6.41. The fourth-order valence-corrected chi connectivity index (χ4v) is 4.65. The lowest BCUT2D eigenvalue weighted by atomic mass is 10.0. The number of benzene rings is 1. The van der Waals surface area contributed by atoms with Gasteiger partial charge in [0.2, 0.25) is 5.88 Å². The Kier molecular flexibility index (Phi) is 5.39. The van der Waals surface area contributed by atoms with E-state index in [1.807, 2.05) is 45.0 Å². The molecule has 2 amide bonds. The van der Waals surface area contributed by atoms with Gasteiger partial charge in [-0.2, -0.15) is 0 Å². The number of aliphatic imine (C=N–C) groups is 1. The molecule has 0 radical (unpaired) electrons. The van der Waals surface area contributed by atoms with E-state index in [1.165, 1.54) is 4.90 Å². The first kappa shape index (κ1) is 20.9. The topological polar surface area (TPSA) is 75.1 Å². The summed E-state index contributed by atoms with van der Waals surface area (Å²) in [4.78, 5) is 38.6. The molecule has 2 aliphatic heterocycles. The van der Waals surface area contributed by atoms with Crippen molar-refractivity contribution in [2.75, 3.05) is 21.2 Å². The van der Waals surface area contributed by atoms with Gasteiger partial charge in [0.05, 0.1) is 41.2 Å². The Labute approximate surface area is 189 Å². The lowest BCUT2D eigenvalue weighted by Gasteiger charge is -2.32. The van der Waals surface area contributed by atoms with Crippen molar-refractivity contribution in [3.63, 3.8) is 0 Å². The summed E-state index contributed by atoms with van der Waals surface area (Å²) in [5.74, 6) is 0.0306. The Morgan fingerprint density at radius 3 is 2.47 bits per heavy atom. The maximum Gasteiger partial charge on any atom is 0.261 e. The highest BCUT2D eigenvalue weighted by Gasteiger charge is 2.41. The van der Waals surface area contributed by atoms with Crippen molar-refractivity contribution < 1.29 is 14.3 Å². The van der Waals surface area contributed by atoms with Gasteiger partial charge in [0.1, 0.15) is 0 Å². The molecule has 0 fully saturated rings. The number of amides is 2. The quantitative estimate of drug-likeness (QED) is 0.449. The number of nitrogens with zero attached hydrogens (tertiary/aromatic N) is 4. The summed E-state index contributed by atoms with van der Waals surface area (Å²) in [5.41, 5.74) is 4.22. The van der Waals surface area contributed by atoms with Gasteiger partial charge in [-0.3, -0.25) is 19.5 Å². The minimum Gasteiger partial charge on any atom is -0.480 e. The fourth-order valence-electron chi connectivity index (χ4n) is 3.95. The summed E-state index contributed by atoms with van der Waals surface area (Å²) in [5, 5.41) is 0. The lowest BCUT2D eigenvalue weighted by molar-refractivity contribution is 0.0525. The Morgan fingerprint density at radius 1 is 1.17 bits per heavy atom. The Bertz CT molecular complexity index is 1100. The summed E-state index contributed by atoms with van der Waals surface area (Å²) >= 11 is 2.24. The molecule has 30 heavy (non-hydrogen) atoms. The van der Waals surface area contributed by atoms with Gasteiger partial charge in [-0.15, -0.1) is 0 Å². The molecule has 156 valence electrons. The van der Waals surface area contributed by atoms with Crippen LogP contribution in [0.3, 0.4) is 0 Å². The molecule has 7 nitrogen and oxygen atoms in total. The Balaban J connectivity index is 1.71. The van der Waals surface area contributed by atoms with Crippen molar-refractivity contribution in [1.82, 2.24) is 14.8 Å². The van der Waals surface area contributed by atoms with E-state index >= 15 is 0 Å². The smallest absolute Gasteiger partial charge is 0.261 e. The summed E-state index contributed by atoms with van der Waals surface area (Å²) in [6, 6.07) is 5.29. The van der Waals surface area contributed by atoms with Gasteiger partial charge in [-0.05, 0) is 74.3 Å². The number of carbonyl (C=O) groups excluding carboxylic acids is 2. The number of imide groups is 1. The van der Waals surface area contributed by atoms with Gasteiger partial charge >= 0.3 is 0 Å². The second-order valence-electron chi connectivity index (χ2n) is 7.86. The van der Waals surface area contributed by atoms with Crippen LogP contribution in [0.2, 0.25) is 0 Å². The maximum atomic E-state index is 13.1. The molecular formula is C22H23IN4O3.